The summed E-state index contributed by atoms with van der Waals surface area (Å²) in [7, 11) is 0. The van der Waals surface area contributed by atoms with Crippen molar-refractivity contribution in [1.82, 2.24) is 4.98 Å². The largest absolute Gasteiger partial charge is 0.485 e. The minimum absolute atomic E-state index is 0.113. The van der Waals surface area contributed by atoms with Gasteiger partial charge in [-0.1, -0.05) is 23.7 Å². The van der Waals surface area contributed by atoms with E-state index in [1.54, 1.807) is 30.3 Å². The molecule has 0 radical (unpaired) electrons. The van der Waals surface area contributed by atoms with Crippen LogP contribution in [0.15, 0.2) is 60.8 Å². The van der Waals surface area contributed by atoms with Crippen LogP contribution in [0.25, 0.3) is 0 Å². The molecule has 3 aromatic rings. The number of nitrogens with zero attached hydrogens (tertiary/aromatic N) is 2. The first-order chi connectivity index (χ1) is 13.5. The third kappa shape index (κ3) is 3.62. The van der Waals surface area contributed by atoms with Crippen LogP contribution in [-0.2, 0) is 0 Å². The molecule has 0 saturated heterocycles. The summed E-state index contributed by atoms with van der Waals surface area (Å²) >= 11 is 5.92. The van der Waals surface area contributed by atoms with Gasteiger partial charge in [-0.3, -0.25) is 10.1 Å². The molecule has 0 amide bonds. The fourth-order valence-corrected chi connectivity index (χ4v) is 3.21. The van der Waals surface area contributed by atoms with E-state index < -0.39 is 11.0 Å². The quantitative estimate of drug-likeness (QED) is 0.491. The SMILES string of the molecule is O=[N+]([O-])c1cccnc1Oc1ccc2c(c1)[C@@H](O)C[C@@H](c1ccc(Cl)cc1)O2. The predicted octanol–water partition coefficient (Wildman–Crippen LogP) is 4.99. The van der Waals surface area contributed by atoms with E-state index in [1.807, 2.05) is 12.1 Å². The number of benzene rings is 2. The lowest BCUT2D eigenvalue weighted by Crippen LogP contribution is -2.19. The molecule has 2 atom stereocenters. The summed E-state index contributed by atoms with van der Waals surface area (Å²) in [5, 5.41) is 22.3. The third-order valence-corrected chi connectivity index (χ3v) is 4.70. The normalized spacial score (nSPS) is 18.1. The molecule has 142 valence electrons. The second-order valence-electron chi connectivity index (χ2n) is 6.30. The Labute approximate surface area is 165 Å². The molecule has 1 aliphatic rings. The van der Waals surface area contributed by atoms with Gasteiger partial charge in [0.05, 0.1) is 11.0 Å². The highest BCUT2D eigenvalue weighted by molar-refractivity contribution is 6.30. The van der Waals surface area contributed by atoms with Crippen molar-refractivity contribution >= 4 is 17.3 Å². The Bertz CT molecular complexity index is 1030. The summed E-state index contributed by atoms with van der Waals surface area (Å²) in [5.41, 5.74) is 1.24. The van der Waals surface area contributed by atoms with Crippen molar-refractivity contribution in [3.63, 3.8) is 0 Å². The van der Waals surface area contributed by atoms with Crippen molar-refractivity contribution in [2.75, 3.05) is 0 Å². The zero-order valence-electron chi connectivity index (χ0n) is 14.5. The number of hydrogen-bond acceptors (Lipinski definition) is 6. The van der Waals surface area contributed by atoms with Crippen LogP contribution in [0.5, 0.6) is 17.4 Å². The zero-order valence-corrected chi connectivity index (χ0v) is 15.2. The molecule has 7 nitrogen and oxygen atoms in total. The van der Waals surface area contributed by atoms with Gasteiger partial charge < -0.3 is 14.6 Å². The number of nitro groups is 1. The number of fused-ring (bicyclic) bond motifs is 1. The summed E-state index contributed by atoms with van der Waals surface area (Å²) < 4.78 is 11.6. The topological polar surface area (TPSA) is 94.7 Å². The van der Waals surface area contributed by atoms with Crippen LogP contribution in [0.4, 0.5) is 5.69 Å². The number of hydrogen-bond donors (Lipinski definition) is 1. The van der Waals surface area contributed by atoms with Crippen molar-refractivity contribution in [1.29, 1.82) is 0 Å². The summed E-state index contributed by atoms with van der Waals surface area (Å²) in [6.45, 7) is 0. The Morgan fingerprint density at radius 2 is 2.00 bits per heavy atom. The molecule has 1 aliphatic heterocycles. The number of pyridine rings is 1. The van der Waals surface area contributed by atoms with E-state index in [4.69, 9.17) is 21.1 Å². The lowest BCUT2D eigenvalue weighted by Gasteiger charge is -2.30. The number of aromatic nitrogens is 1. The molecule has 0 bridgehead atoms. The number of halogens is 1. The standard InChI is InChI=1S/C20H15ClN2O5/c21-13-5-3-12(4-6-13)19-11-17(24)15-10-14(7-8-18(15)28-19)27-20-16(23(25)26)2-1-9-22-20/h1-10,17,19,24H,11H2/t17-,19-/m0/s1. The van der Waals surface area contributed by atoms with Gasteiger partial charge in [0.2, 0.25) is 0 Å². The van der Waals surface area contributed by atoms with Crippen LogP contribution >= 0.6 is 11.6 Å². The Kier molecular flexibility index (Phi) is 4.85. The zero-order chi connectivity index (χ0) is 19.7. The molecule has 0 spiro atoms. The smallest absolute Gasteiger partial charge is 0.331 e. The Morgan fingerprint density at radius 1 is 1.21 bits per heavy atom. The molecular formula is C20H15ClN2O5. The number of aliphatic hydroxyl groups excluding tert-OH is 1. The maximum atomic E-state index is 11.1. The summed E-state index contributed by atoms with van der Waals surface area (Å²) in [6, 6.07) is 15.0. The van der Waals surface area contributed by atoms with Gasteiger partial charge in [-0.05, 0) is 42.0 Å². The molecule has 2 aromatic carbocycles. The van der Waals surface area contributed by atoms with Gasteiger partial charge in [-0.2, -0.15) is 0 Å². The van der Waals surface area contributed by atoms with Gasteiger partial charge in [-0.15, -0.1) is 0 Å². The Morgan fingerprint density at radius 3 is 2.75 bits per heavy atom. The maximum absolute atomic E-state index is 11.1. The number of aliphatic hydroxyl groups is 1. The van der Waals surface area contributed by atoms with Crippen LogP contribution in [0.3, 0.4) is 0 Å². The third-order valence-electron chi connectivity index (χ3n) is 4.45. The fraction of sp³-hybridized carbons (Fsp3) is 0.150. The molecule has 0 unspecified atom stereocenters. The first-order valence-electron chi connectivity index (χ1n) is 8.52. The van der Waals surface area contributed by atoms with Crippen molar-refractivity contribution in [2.45, 2.75) is 18.6 Å². The monoisotopic (exact) mass is 398 g/mol. The molecule has 1 aromatic heterocycles. The van der Waals surface area contributed by atoms with E-state index in [1.165, 1.54) is 18.3 Å². The van der Waals surface area contributed by atoms with E-state index in [9.17, 15) is 15.2 Å². The molecule has 0 saturated carbocycles. The highest BCUT2D eigenvalue weighted by Crippen LogP contribution is 2.43. The van der Waals surface area contributed by atoms with Crippen molar-refractivity contribution in [3.05, 3.63) is 87.1 Å². The molecule has 0 fully saturated rings. The second-order valence-corrected chi connectivity index (χ2v) is 6.73. The van der Waals surface area contributed by atoms with E-state index in [0.717, 1.165) is 5.56 Å². The Hall–Kier alpha value is -3.16. The van der Waals surface area contributed by atoms with Crippen molar-refractivity contribution < 1.29 is 19.5 Å². The average molecular weight is 399 g/mol. The molecule has 0 aliphatic carbocycles. The van der Waals surface area contributed by atoms with Crippen LogP contribution in [0, 0.1) is 10.1 Å². The van der Waals surface area contributed by atoms with E-state index in [0.29, 0.717) is 28.5 Å². The fourth-order valence-electron chi connectivity index (χ4n) is 3.08. The molecule has 2 heterocycles. The van der Waals surface area contributed by atoms with Gasteiger partial charge in [0.25, 0.3) is 5.88 Å². The van der Waals surface area contributed by atoms with E-state index >= 15 is 0 Å². The minimum atomic E-state index is -0.772. The number of ether oxygens (including phenoxy) is 2. The molecule has 28 heavy (non-hydrogen) atoms. The Balaban J connectivity index is 1.59. The first-order valence-corrected chi connectivity index (χ1v) is 8.90. The first kappa shape index (κ1) is 18.2. The van der Waals surface area contributed by atoms with Gasteiger partial charge in [-0.25, -0.2) is 4.98 Å². The van der Waals surface area contributed by atoms with Crippen molar-refractivity contribution in [3.8, 4) is 17.4 Å². The predicted molar refractivity (Wildman–Crippen MR) is 102 cm³/mol. The van der Waals surface area contributed by atoms with Gasteiger partial charge in [0.1, 0.15) is 17.6 Å². The summed E-state index contributed by atoms with van der Waals surface area (Å²) in [6.07, 6.45) is 0.701. The molecule has 8 heteroatoms. The highest BCUT2D eigenvalue weighted by atomic mass is 35.5. The second kappa shape index (κ2) is 7.46. The lowest BCUT2D eigenvalue weighted by atomic mass is 9.95. The van der Waals surface area contributed by atoms with Gasteiger partial charge in [0.15, 0.2) is 0 Å². The highest BCUT2D eigenvalue weighted by Gasteiger charge is 2.29. The molecular weight excluding hydrogens is 384 g/mol. The van der Waals surface area contributed by atoms with Crippen LogP contribution in [-0.4, -0.2) is 15.0 Å². The van der Waals surface area contributed by atoms with Crippen LogP contribution in [0.2, 0.25) is 5.02 Å². The van der Waals surface area contributed by atoms with E-state index in [-0.39, 0.29) is 17.7 Å². The lowest BCUT2D eigenvalue weighted by molar-refractivity contribution is -0.386. The van der Waals surface area contributed by atoms with Crippen LogP contribution < -0.4 is 9.47 Å². The molecule has 1 N–H and O–H groups in total. The summed E-state index contributed by atoms with van der Waals surface area (Å²) in [4.78, 5) is 14.5. The minimum Gasteiger partial charge on any atom is -0.485 e. The van der Waals surface area contributed by atoms with Crippen molar-refractivity contribution in [2.24, 2.45) is 0 Å². The van der Waals surface area contributed by atoms with E-state index in [2.05, 4.69) is 4.98 Å². The van der Waals surface area contributed by atoms with Gasteiger partial charge >= 0.3 is 5.69 Å². The maximum Gasteiger partial charge on any atom is 0.331 e. The number of rotatable bonds is 4. The average Bonchev–Trinajstić information content (AvgIpc) is 2.69. The van der Waals surface area contributed by atoms with Crippen LogP contribution in [0.1, 0.15) is 29.8 Å². The summed E-state index contributed by atoms with van der Waals surface area (Å²) in [5.74, 6) is 0.743. The van der Waals surface area contributed by atoms with Gasteiger partial charge in [0, 0.05) is 29.3 Å². The molecule has 4 rings (SSSR count).